The number of nitrogens with one attached hydrogen (secondary N) is 1. The van der Waals surface area contributed by atoms with E-state index < -0.39 is 6.10 Å². The molecule has 4 nitrogen and oxygen atoms in total. The number of hydrogen-bond acceptors (Lipinski definition) is 3. The topological polar surface area (TPSA) is 64.3 Å². The first-order valence-corrected chi connectivity index (χ1v) is 6.26. The molecule has 0 heterocycles. The first kappa shape index (κ1) is 13.4. The molecule has 1 amide bonds. The van der Waals surface area contributed by atoms with Gasteiger partial charge in [-0.15, -0.1) is 0 Å². The lowest BCUT2D eigenvalue weighted by molar-refractivity contribution is -0.126. The molecule has 1 atom stereocenters. The Morgan fingerprint density at radius 1 is 1.32 bits per heavy atom. The SMILES string of the molecule is CNC(=O)C(C)Oc1ccc2ccccc2c1CN. The molecular weight excluding hydrogens is 240 g/mol. The van der Waals surface area contributed by atoms with Crippen LogP contribution >= 0.6 is 0 Å². The van der Waals surface area contributed by atoms with Crippen LogP contribution in [0.2, 0.25) is 0 Å². The molecule has 0 spiro atoms. The zero-order valence-electron chi connectivity index (χ0n) is 11.1. The fourth-order valence-electron chi connectivity index (χ4n) is 2.08. The van der Waals surface area contributed by atoms with E-state index in [0.717, 1.165) is 16.3 Å². The van der Waals surface area contributed by atoms with E-state index in [1.165, 1.54) is 0 Å². The summed E-state index contributed by atoms with van der Waals surface area (Å²) in [6.45, 7) is 2.09. The van der Waals surface area contributed by atoms with Crippen molar-refractivity contribution in [3.8, 4) is 5.75 Å². The molecule has 0 radical (unpaired) electrons. The number of nitrogens with two attached hydrogens (primary N) is 1. The average molecular weight is 258 g/mol. The smallest absolute Gasteiger partial charge is 0.260 e. The molecule has 0 aromatic heterocycles. The zero-order chi connectivity index (χ0) is 13.8. The van der Waals surface area contributed by atoms with Crippen molar-refractivity contribution >= 4 is 16.7 Å². The van der Waals surface area contributed by atoms with Gasteiger partial charge in [0.1, 0.15) is 5.75 Å². The van der Waals surface area contributed by atoms with E-state index in [2.05, 4.69) is 5.32 Å². The molecule has 0 aliphatic carbocycles. The lowest BCUT2D eigenvalue weighted by Gasteiger charge is -2.17. The van der Waals surface area contributed by atoms with E-state index in [0.29, 0.717) is 12.3 Å². The van der Waals surface area contributed by atoms with E-state index in [9.17, 15) is 4.79 Å². The van der Waals surface area contributed by atoms with Gasteiger partial charge in [-0.3, -0.25) is 4.79 Å². The van der Waals surface area contributed by atoms with Gasteiger partial charge in [0, 0.05) is 19.2 Å². The Labute approximate surface area is 112 Å². The van der Waals surface area contributed by atoms with Gasteiger partial charge in [0.15, 0.2) is 6.10 Å². The Morgan fingerprint density at radius 3 is 2.74 bits per heavy atom. The lowest BCUT2D eigenvalue weighted by Crippen LogP contribution is -2.34. The summed E-state index contributed by atoms with van der Waals surface area (Å²) in [5.41, 5.74) is 6.75. The van der Waals surface area contributed by atoms with Gasteiger partial charge in [0.25, 0.3) is 5.91 Å². The van der Waals surface area contributed by atoms with Gasteiger partial charge < -0.3 is 15.8 Å². The third-order valence-electron chi connectivity index (χ3n) is 3.12. The van der Waals surface area contributed by atoms with Crippen molar-refractivity contribution in [1.82, 2.24) is 5.32 Å². The molecule has 100 valence electrons. The van der Waals surface area contributed by atoms with Crippen molar-refractivity contribution in [1.29, 1.82) is 0 Å². The Hall–Kier alpha value is -2.07. The normalized spacial score (nSPS) is 12.2. The Bertz CT molecular complexity index is 596. The van der Waals surface area contributed by atoms with Crippen molar-refractivity contribution < 1.29 is 9.53 Å². The quantitative estimate of drug-likeness (QED) is 0.879. The van der Waals surface area contributed by atoms with E-state index in [4.69, 9.17) is 10.5 Å². The summed E-state index contributed by atoms with van der Waals surface area (Å²) in [6.07, 6.45) is -0.545. The van der Waals surface area contributed by atoms with Gasteiger partial charge in [-0.25, -0.2) is 0 Å². The molecule has 1 unspecified atom stereocenters. The monoisotopic (exact) mass is 258 g/mol. The number of benzene rings is 2. The predicted molar refractivity (Wildman–Crippen MR) is 76.0 cm³/mol. The number of carbonyl (C=O) groups is 1. The second-order valence-electron chi connectivity index (χ2n) is 4.34. The van der Waals surface area contributed by atoms with Crippen LogP contribution in [0.15, 0.2) is 36.4 Å². The Kier molecular flexibility index (Phi) is 4.02. The first-order chi connectivity index (χ1) is 9.17. The average Bonchev–Trinajstić information content (AvgIpc) is 2.46. The number of carbonyl (C=O) groups excluding carboxylic acids is 1. The molecule has 2 aromatic carbocycles. The third kappa shape index (κ3) is 2.69. The number of likely N-dealkylation sites (N-methyl/N-ethyl adjacent to an activating group) is 1. The van der Waals surface area contributed by atoms with Crippen LogP contribution in [0.25, 0.3) is 10.8 Å². The van der Waals surface area contributed by atoms with Crippen molar-refractivity contribution in [2.24, 2.45) is 5.73 Å². The first-order valence-electron chi connectivity index (χ1n) is 6.26. The maximum atomic E-state index is 11.5. The molecular formula is C15H18N2O2. The van der Waals surface area contributed by atoms with Gasteiger partial charge in [0.05, 0.1) is 0 Å². The molecule has 0 aliphatic rings. The van der Waals surface area contributed by atoms with Crippen molar-refractivity contribution in [3.63, 3.8) is 0 Å². The highest BCUT2D eigenvalue weighted by Crippen LogP contribution is 2.28. The molecule has 2 aromatic rings. The minimum atomic E-state index is -0.545. The van der Waals surface area contributed by atoms with Gasteiger partial charge in [-0.2, -0.15) is 0 Å². The van der Waals surface area contributed by atoms with Crippen LogP contribution in [0, 0.1) is 0 Å². The summed E-state index contributed by atoms with van der Waals surface area (Å²) >= 11 is 0. The summed E-state index contributed by atoms with van der Waals surface area (Å²) in [5, 5.41) is 4.74. The molecule has 0 saturated carbocycles. The lowest BCUT2D eigenvalue weighted by atomic mass is 10.0. The summed E-state index contributed by atoms with van der Waals surface area (Å²) in [5.74, 6) is 0.508. The molecule has 4 heteroatoms. The second-order valence-corrected chi connectivity index (χ2v) is 4.34. The highest BCUT2D eigenvalue weighted by Gasteiger charge is 2.15. The van der Waals surface area contributed by atoms with Gasteiger partial charge in [-0.1, -0.05) is 30.3 Å². The Balaban J connectivity index is 2.40. The summed E-state index contributed by atoms with van der Waals surface area (Å²) in [7, 11) is 1.59. The van der Waals surface area contributed by atoms with E-state index in [-0.39, 0.29) is 5.91 Å². The number of hydrogen-bond donors (Lipinski definition) is 2. The van der Waals surface area contributed by atoms with Crippen LogP contribution in [0.3, 0.4) is 0 Å². The zero-order valence-corrected chi connectivity index (χ0v) is 11.1. The van der Waals surface area contributed by atoms with Crippen LogP contribution in [0.5, 0.6) is 5.75 Å². The molecule has 0 saturated heterocycles. The minimum absolute atomic E-state index is 0.156. The summed E-state index contributed by atoms with van der Waals surface area (Å²) < 4.78 is 5.71. The number of amides is 1. The largest absolute Gasteiger partial charge is 0.481 e. The highest BCUT2D eigenvalue weighted by molar-refractivity contribution is 5.88. The van der Waals surface area contributed by atoms with E-state index in [1.807, 2.05) is 36.4 Å². The summed E-state index contributed by atoms with van der Waals surface area (Å²) in [6, 6.07) is 11.8. The van der Waals surface area contributed by atoms with E-state index >= 15 is 0 Å². The third-order valence-corrected chi connectivity index (χ3v) is 3.12. The fourth-order valence-corrected chi connectivity index (χ4v) is 2.08. The highest BCUT2D eigenvalue weighted by atomic mass is 16.5. The number of fused-ring (bicyclic) bond motifs is 1. The number of rotatable bonds is 4. The standard InChI is InChI=1S/C15H18N2O2/c1-10(15(18)17-2)19-14-8-7-11-5-3-4-6-12(11)13(14)9-16/h3-8,10H,9,16H2,1-2H3,(H,17,18). The molecule has 0 fully saturated rings. The second kappa shape index (κ2) is 5.71. The molecule has 2 rings (SSSR count). The predicted octanol–water partition coefficient (Wildman–Crippen LogP) is 1.81. The summed E-state index contributed by atoms with van der Waals surface area (Å²) in [4.78, 5) is 11.5. The number of ether oxygens (including phenoxy) is 1. The van der Waals surface area contributed by atoms with Crippen molar-refractivity contribution in [2.75, 3.05) is 7.05 Å². The van der Waals surface area contributed by atoms with E-state index in [1.54, 1.807) is 14.0 Å². The minimum Gasteiger partial charge on any atom is -0.481 e. The van der Waals surface area contributed by atoms with Crippen molar-refractivity contribution in [2.45, 2.75) is 19.6 Å². The maximum absolute atomic E-state index is 11.5. The van der Waals surface area contributed by atoms with Gasteiger partial charge in [-0.05, 0) is 23.8 Å². The van der Waals surface area contributed by atoms with Crippen molar-refractivity contribution in [3.05, 3.63) is 42.0 Å². The molecule has 19 heavy (non-hydrogen) atoms. The van der Waals surface area contributed by atoms with Crippen LogP contribution in [-0.2, 0) is 11.3 Å². The van der Waals surface area contributed by atoms with Gasteiger partial charge >= 0.3 is 0 Å². The van der Waals surface area contributed by atoms with Crippen LogP contribution < -0.4 is 15.8 Å². The van der Waals surface area contributed by atoms with Crippen LogP contribution in [0.1, 0.15) is 12.5 Å². The Morgan fingerprint density at radius 2 is 2.05 bits per heavy atom. The van der Waals surface area contributed by atoms with Gasteiger partial charge in [0.2, 0.25) is 0 Å². The maximum Gasteiger partial charge on any atom is 0.260 e. The van der Waals surface area contributed by atoms with Crippen LogP contribution in [0.4, 0.5) is 0 Å². The molecule has 0 bridgehead atoms. The fraction of sp³-hybridized carbons (Fsp3) is 0.267. The molecule has 3 N–H and O–H groups in total. The molecule has 0 aliphatic heterocycles. The van der Waals surface area contributed by atoms with Crippen LogP contribution in [-0.4, -0.2) is 19.1 Å².